The van der Waals surface area contributed by atoms with Gasteiger partial charge in [-0.2, -0.15) is 0 Å². The summed E-state index contributed by atoms with van der Waals surface area (Å²) in [5, 5.41) is 3.33. The van der Waals surface area contributed by atoms with Crippen molar-refractivity contribution in [2.75, 3.05) is 26.8 Å². The quantitative estimate of drug-likeness (QED) is 0.784. The standard InChI is InChI=1S/C12H18BrN3O3S/c1-19-9-12(3-2-4-15-12)8-16-20(17,18)11-5-10(13)6-14-7-11/h5-7,15-16H,2-4,8-9H2,1H3. The molecule has 1 aliphatic rings. The average Bonchev–Trinajstić information content (AvgIpc) is 2.86. The number of rotatable bonds is 6. The van der Waals surface area contributed by atoms with Crippen molar-refractivity contribution in [2.45, 2.75) is 23.3 Å². The molecule has 2 rings (SSSR count). The van der Waals surface area contributed by atoms with Crippen molar-refractivity contribution < 1.29 is 13.2 Å². The highest BCUT2D eigenvalue weighted by atomic mass is 79.9. The van der Waals surface area contributed by atoms with E-state index in [-0.39, 0.29) is 10.4 Å². The lowest BCUT2D eigenvalue weighted by atomic mass is 9.99. The van der Waals surface area contributed by atoms with Crippen LogP contribution in [0, 0.1) is 0 Å². The van der Waals surface area contributed by atoms with Crippen LogP contribution in [0.25, 0.3) is 0 Å². The van der Waals surface area contributed by atoms with Crippen LogP contribution in [0.4, 0.5) is 0 Å². The Kier molecular flexibility index (Phi) is 5.14. The van der Waals surface area contributed by atoms with E-state index >= 15 is 0 Å². The summed E-state index contributed by atoms with van der Waals surface area (Å²) in [6.45, 7) is 1.66. The molecular formula is C12H18BrN3O3S. The first kappa shape index (κ1) is 15.8. The molecule has 1 aliphatic heterocycles. The van der Waals surface area contributed by atoms with Crippen LogP contribution < -0.4 is 10.0 Å². The summed E-state index contributed by atoms with van der Waals surface area (Å²) in [6.07, 6.45) is 4.78. The predicted octanol–water partition coefficient (Wildman–Crippen LogP) is 0.891. The molecule has 0 bridgehead atoms. The number of methoxy groups -OCH3 is 1. The van der Waals surface area contributed by atoms with Crippen LogP contribution >= 0.6 is 15.9 Å². The van der Waals surface area contributed by atoms with Crippen molar-refractivity contribution in [2.24, 2.45) is 0 Å². The van der Waals surface area contributed by atoms with Crippen molar-refractivity contribution in [3.63, 3.8) is 0 Å². The third kappa shape index (κ3) is 3.76. The minimum Gasteiger partial charge on any atom is -0.383 e. The summed E-state index contributed by atoms with van der Waals surface area (Å²) >= 11 is 3.22. The Morgan fingerprint density at radius 2 is 2.35 bits per heavy atom. The minimum atomic E-state index is -3.56. The van der Waals surface area contributed by atoms with Gasteiger partial charge in [0.15, 0.2) is 0 Å². The van der Waals surface area contributed by atoms with Gasteiger partial charge < -0.3 is 10.1 Å². The molecule has 0 amide bonds. The Bertz CT molecular complexity index is 559. The largest absolute Gasteiger partial charge is 0.383 e. The first-order chi connectivity index (χ1) is 9.47. The zero-order valence-electron chi connectivity index (χ0n) is 11.2. The van der Waals surface area contributed by atoms with Gasteiger partial charge in [-0.15, -0.1) is 0 Å². The maximum absolute atomic E-state index is 12.2. The summed E-state index contributed by atoms with van der Waals surface area (Å²) in [5.41, 5.74) is -0.318. The van der Waals surface area contributed by atoms with Crippen LogP contribution in [0.3, 0.4) is 0 Å². The summed E-state index contributed by atoms with van der Waals surface area (Å²) in [4.78, 5) is 4.03. The molecule has 1 unspecified atom stereocenters. The molecule has 0 radical (unpaired) electrons. The van der Waals surface area contributed by atoms with Gasteiger partial charge in [-0.3, -0.25) is 4.98 Å². The molecule has 0 aliphatic carbocycles. The van der Waals surface area contributed by atoms with Crippen molar-refractivity contribution in [1.82, 2.24) is 15.0 Å². The average molecular weight is 364 g/mol. The number of nitrogens with one attached hydrogen (secondary N) is 2. The van der Waals surface area contributed by atoms with E-state index in [0.717, 1.165) is 19.4 Å². The van der Waals surface area contributed by atoms with Crippen molar-refractivity contribution in [3.05, 3.63) is 22.9 Å². The van der Waals surface area contributed by atoms with Gasteiger partial charge in [-0.25, -0.2) is 13.1 Å². The van der Waals surface area contributed by atoms with Crippen LogP contribution in [0.15, 0.2) is 27.8 Å². The molecule has 1 aromatic rings. The fourth-order valence-corrected chi connectivity index (χ4v) is 3.96. The Balaban J connectivity index is 2.08. The fraction of sp³-hybridized carbons (Fsp3) is 0.583. The minimum absolute atomic E-state index is 0.150. The van der Waals surface area contributed by atoms with Gasteiger partial charge in [0.05, 0.1) is 12.1 Å². The topological polar surface area (TPSA) is 80.3 Å². The molecule has 1 aromatic heterocycles. The van der Waals surface area contributed by atoms with Crippen LogP contribution in [0.5, 0.6) is 0 Å². The first-order valence-corrected chi connectivity index (χ1v) is 8.59. The lowest BCUT2D eigenvalue weighted by molar-refractivity contribution is 0.122. The predicted molar refractivity (Wildman–Crippen MR) is 79.0 cm³/mol. The molecule has 6 nitrogen and oxygen atoms in total. The SMILES string of the molecule is COCC1(CNS(=O)(=O)c2cncc(Br)c2)CCCN1. The monoisotopic (exact) mass is 363 g/mol. The fourth-order valence-electron chi connectivity index (χ4n) is 2.33. The second kappa shape index (κ2) is 6.48. The lowest BCUT2D eigenvalue weighted by Crippen LogP contribution is -2.52. The van der Waals surface area contributed by atoms with Crippen molar-refractivity contribution in [1.29, 1.82) is 0 Å². The second-order valence-electron chi connectivity index (χ2n) is 4.91. The number of ether oxygens (including phenoxy) is 1. The van der Waals surface area contributed by atoms with Crippen LogP contribution in [0.2, 0.25) is 0 Å². The van der Waals surface area contributed by atoms with E-state index in [2.05, 4.69) is 31.0 Å². The van der Waals surface area contributed by atoms with Crippen LogP contribution in [-0.4, -0.2) is 45.7 Å². The molecule has 0 saturated carbocycles. The lowest BCUT2D eigenvalue weighted by Gasteiger charge is -2.28. The highest BCUT2D eigenvalue weighted by molar-refractivity contribution is 9.10. The molecule has 0 aromatic carbocycles. The molecule has 8 heteroatoms. The molecule has 2 heterocycles. The summed E-state index contributed by atoms with van der Waals surface area (Å²) in [5.74, 6) is 0. The van der Waals surface area contributed by atoms with Gasteiger partial charge in [0, 0.05) is 30.5 Å². The van der Waals surface area contributed by atoms with Gasteiger partial charge in [-0.05, 0) is 41.4 Å². The molecule has 112 valence electrons. The highest BCUT2D eigenvalue weighted by Gasteiger charge is 2.34. The third-order valence-corrected chi connectivity index (χ3v) is 5.15. The van der Waals surface area contributed by atoms with Crippen LogP contribution in [-0.2, 0) is 14.8 Å². The molecule has 1 atom stereocenters. The van der Waals surface area contributed by atoms with Gasteiger partial charge in [0.2, 0.25) is 10.0 Å². The number of aromatic nitrogens is 1. The highest BCUT2D eigenvalue weighted by Crippen LogP contribution is 2.20. The maximum atomic E-state index is 12.2. The maximum Gasteiger partial charge on any atom is 0.242 e. The van der Waals surface area contributed by atoms with Gasteiger partial charge >= 0.3 is 0 Å². The van der Waals surface area contributed by atoms with Gasteiger partial charge in [0.1, 0.15) is 4.90 Å². The van der Waals surface area contributed by atoms with E-state index in [1.54, 1.807) is 13.3 Å². The van der Waals surface area contributed by atoms with E-state index in [1.165, 1.54) is 12.3 Å². The molecule has 20 heavy (non-hydrogen) atoms. The summed E-state index contributed by atoms with van der Waals surface area (Å²) in [7, 11) is -1.95. The smallest absolute Gasteiger partial charge is 0.242 e. The molecule has 1 fully saturated rings. The molecule has 2 N–H and O–H groups in total. The van der Waals surface area contributed by atoms with E-state index in [4.69, 9.17) is 4.74 Å². The van der Waals surface area contributed by atoms with Crippen molar-refractivity contribution >= 4 is 26.0 Å². The number of halogens is 1. The Morgan fingerprint density at radius 1 is 1.55 bits per heavy atom. The number of hydrogen-bond acceptors (Lipinski definition) is 5. The van der Waals surface area contributed by atoms with Crippen LogP contribution in [0.1, 0.15) is 12.8 Å². The molecule has 1 saturated heterocycles. The van der Waals surface area contributed by atoms with E-state index in [9.17, 15) is 8.42 Å². The number of nitrogens with zero attached hydrogens (tertiary/aromatic N) is 1. The van der Waals surface area contributed by atoms with E-state index in [0.29, 0.717) is 17.6 Å². The zero-order chi connectivity index (χ0) is 14.6. The Labute approximate surface area is 127 Å². The Hall–Kier alpha value is -0.540. The van der Waals surface area contributed by atoms with E-state index in [1.807, 2.05) is 0 Å². The third-order valence-electron chi connectivity index (χ3n) is 3.34. The Morgan fingerprint density at radius 3 is 2.95 bits per heavy atom. The zero-order valence-corrected chi connectivity index (χ0v) is 13.6. The number of sulfonamides is 1. The number of pyridine rings is 1. The second-order valence-corrected chi connectivity index (χ2v) is 7.59. The first-order valence-electron chi connectivity index (χ1n) is 6.32. The summed E-state index contributed by atoms with van der Waals surface area (Å²) < 4.78 is 33.0. The normalized spacial score (nSPS) is 23.1. The number of hydrogen-bond donors (Lipinski definition) is 2. The van der Waals surface area contributed by atoms with Crippen molar-refractivity contribution in [3.8, 4) is 0 Å². The van der Waals surface area contributed by atoms with Gasteiger partial charge in [-0.1, -0.05) is 0 Å². The van der Waals surface area contributed by atoms with Gasteiger partial charge in [0.25, 0.3) is 0 Å². The van der Waals surface area contributed by atoms with E-state index < -0.39 is 10.0 Å². The molecular weight excluding hydrogens is 346 g/mol. The summed E-state index contributed by atoms with van der Waals surface area (Å²) in [6, 6.07) is 1.53. The molecule has 0 spiro atoms.